The van der Waals surface area contributed by atoms with Crippen LogP contribution in [0.4, 0.5) is 5.69 Å². The SMILES string of the molecule is Cc1ccccc1Oc1ccc(N)c2cnccc12. The van der Waals surface area contributed by atoms with Gasteiger partial charge in [0.15, 0.2) is 0 Å². The molecule has 0 aliphatic heterocycles. The number of aryl methyl sites for hydroxylation is 1. The first-order chi connectivity index (χ1) is 9.25. The number of pyridine rings is 1. The van der Waals surface area contributed by atoms with E-state index >= 15 is 0 Å². The number of nitrogens with zero attached hydrogens (tertiary/aromatic N) is 1. The van der Waals surface area contributed by atoms with Gasteiger partial charge in [-0.2, -0.15) is 0 Å². The molecule has 0 unspecified atom stereocenters. The summed E-state index contributed by atoms with van der Waals surface area (Å²) < 4.78 is 5.99. The maximum absolute atomic E-state index is 5.99. The minimum absolute atomic E-state index is 0.709. The quantitative estimate of drug-likeness (QED) is 0.701. The number of benzene rings is 2. The lowest BCUT2D eigenvalue weighted by atomic mass is 10.1. The third-order valence-electron chi connectivity index (χ3n) is 3.13. The van der Waals surface area contributed by atoms with Gasteiger partial charge in [-0.3, -0.25) is 4.98 Å². The molecule has 0 bridgehead atoms. The van der Waals surface area contributed by atoms with E-state index in [1.807, 2.05) is 49.4 Å². The second-order valence-corrected chi connectivity index (χ2v) is 4.44. The van der Waals surface area contributed by atoms with Gasteiger partial charge in [0.25, 0.3) is 0 Å². The average Bonchev–Trinajstić information content (AvgIpc) is 2.44. The largest absolute Gasteiger partial charge is 0.456 e. The standard InChI is InChI=1S/C16H14N2O/c1-11-4-2-3-5-15(11)19-16-7-6-14(17)13-10-18-9-8-12(13)16/h2-10H,17H2,1H3. The molecule has 1 aromatic heterocycles. The molecule has 0 fully saturated rings. The summed E-state index contributed by atoms with van der Waals surface area (Å²) in [5.41, 5.74) is 7.76. The molecule has 0 radical (unpaired) electrons. The molecule has 0 atom stereocenters. The van der Waals surface area contributed by atoms with E-state index in [2.05, 4.69) is 4.98 Å². The highest BCUT2D eigenvalue weighted by atomic mass is 16.5. The lowest BCUT2D eigenvalue weighted by molar-refractivity contribution is 0.484. The Labute approximate surface area is 111 Å². The van der Waals surface area contributed by atoms with Gasteiger partial charge in [-0.15, -0.1) is 0 Å². The van der Waals surface area contributed by atoms with E-state index in [0.29, 0.717) is 5.69 Å². The maximum atomic E-state index is 5.99. The minimum atomic E-state index is 0.709. The molecule has 0 saturated heterocycles. The van der Waals surface area contributed by atoms with Crippen LogP contribution >= 0.6 is 0 Å². The van der Waals surface area contributed by atoms with Gasteiger partial charge in [-0.25, -0.2) is 0 Å². The van der Waals surface area contributed by atoms with Crippen molar-refractivity contribution in [1.82, 2.24) is 4.98 Å². The Bertz CT molecular complexity index is 738. The summed E-state index contributed by atoms with van der Waals surface area (Å²) in [5, 5.41) is 1.88. The summed E-state index contributed by atoms with van der Waals surface area (Å²) in [7, 11) is 0. The zero-order chi connectivity index (χ0) is 13.2. The van der Waals surface area contributed by atoms with Crippen LogP contribution in [0, 0.1) is 6.92 Å². The van der Waals surface area contributed by atoms with Gasteiger partial charge >= 0.3 is 0 Å². The van der Waals surface area contributed by atoms with E-state index in [1.165, 1.54) is 0 Å². The number of rotatable bonds is 2. The molecular weight excluding hydrogens is 236 g/mol. The van der Waals surface area contributed by atoms with Gasteiger partial charge in [-0.1, -0.05) is 18.2 Å². The Morgan fingerprint density at radius 3 is 2.63 bits per heavy atom. The van der Waals surface area contributed by atoms with Crippen LogP contribution in [0.25, 0.3) is 10.8 Å². The molecule has 0 spiro atoms. The number of hydrogen-bond acceptors (Lipinski definition) is 3. The van der Waals surface area contributed by atoms with Crippen LogP contribution in [0.3, 0.4) is 0 Å². The predicted octanol–water partition coefficient (Wildman–Crippen LogP) is 3.92. The predicted molar refractivity (Wildman–Crippen MR) is 77.4 cm³/mol. The van der Waals surface area contributed by atoms with Crippen molar-refractivity contribution in [3.63, 3.8) is 0 Å². The van der Waals surface area contributed by atoms with Crippen molar-refractivity contribution in [1.29, 1.82) is 0 Å². The third-order valence-corrected chi connectivity index (χ3v) is 3.13. The number of anilines is 1. The Balaban J connectivity index is 2.12. The van der Waals surface area contributed by atoms with Crippen LogP contribution in [-0.2, 0) is 0 Å². The molecular formula is C16H14N2O. The van der Waals surface area contributed by atoms with Crippen LogP contribution in [0.2, 0.25) is 0 Å². The lowest BCUT2D eigenvalue weighted by Crippen LogP contribution is -1.92. The topological polar surface area (TPSA) is 48.1 Å². The molecule has 0 saturated carbocycles. The van der Waals surface area contributed by atoms with Gasteiger partial charge in [0, 0.05) is 28.9 Å². The summed E-state index contributed by atoms with van der Waals surface area (Å²) in [6.07, 6.45) is 3.50. The molecule has 0 aliphatic rings. The fourth-order valence-electron chi connectivity index (χ4n) is 2.06. The van der Waals surface area contributed by atoms with Crippen LogP contribution in [0.1, 0.15) is 5.56 Å². The van der Waals surface area contributed by atoms with Crippen LogP contribution in [0.5, 0.6) is 11.5 Å². The molecule has 0 amide bonds. The number of hydrogen-bond donors (Lipinski definition) is 1. The second-order valence-electron chi connectivity index (χ2n) is 4.44. The van der Waals surface area contributed by atoms with Gasteiger partial charge < -0.3 is 10.5 Å². The molecule has 3 aromatic rings. The van der Waals surface area contributed by atoms with E-state index in [1.54, 1.807) is 12.4 Å². The molecule has 3 heteroatoms. The fraction of sp³-hybridized carbons (Fsp3) is 0.0625. The zero-order valence-corrected chi connectivity index (χ0v) is 10.6. The minimum Gasteiger partial charge on any atom is -0.456 e. The van der Waals surface area contributed by atoms with Crippen molar-refractivity contribution in [2.24, 2.45) is 0 Å². The number of nitrogens with two attached hydrogens (primary N) is 1. The maximum Gasteiger partial charge on any atom is 0.135 e. The number of nitrogen functional groups attached to an aromatic ring is 1. The first-order valence-electron chi connectivity index (χ1n) is 6.11. The molecule has 19 heavy (non-hydrogen) atoms. The van der Waals surface area contributed by atoms with Crippen LogP contribution in [0.15, 0.2) is 54.9 Å². The number of ether oxygens (including phenoxy) is 1. The Kier molecular flexibility index (Phi) is 2.80. The first-order valence-corrected chi connectivity index (χ1v) is 6.11. The van der Waals surface area contributed by atoms with E-state index in [-0.39, 0.29) is 0 Å². The van der Waals surface area contributed by atoms with Gasteiger partial charge in [0.05, 0.1) is 0 Å². The summed E-state index contributed by atoms with van der Waals surface area (Å²) >= 11 is 0. The van der Waals surface area contributed by atoms with Gasteiger partial charge in [0.2, 0.25) is 0 Å². The van der Waals surface area contributed by atoms with E-state index in [4.69, 9.17) is 10.5 Å². The van der Waals surface area contributed by atoms with E-state index < -0.39 is 0 Å². The summed E-state index contributed by atoms with van der Waals surface area (Å²) in [4.78, 5) is 4.10. The van der Waals surface area contributed by atoms with Gasteiger partial charge in [-0.05, 0) is 36.8 Å². The Morgan fingerprint density at radius 2 is 1.79 bits per heavy atom. The lowest BCUT2D eigenvalue weighted by Gasteiger charge is -2.11. The van der Waals surface area contributed by atoms with Crippen molar-refractivity contribution >= 4 is 16.5 Å². The monoisotopic (exact) mass is 250 g/mol. The van der Waals surface area contributed by atoms with Crippen molar-refractivity contribution in [2.45, 2.75) is 6.92 Å². The molecule has 94 valence electrons. The molecule has 1 heterocycles. The average molecular weight is 250 g/mol. The van der Waals surface area contributed by atoms with Gasteiger partial charge in [0.1, 0.15) is 11.5 Å². The number of fused-ring (bicyclic) bond motifs is 1. The Morgan fingerprint density at radius 1 is 0.947 bits per heavy atom. The van der Waals surface area contributed by atoms with Crippen molar-refractivity contribution in [3.05, 3.63) is 60.4 Å². The number of para-hydroxylation sites is 1. The molecule has 2 N–H and O–H groups in total. The van der Waals surface area contributed by atoms with Crippen LogP contribution in [-0.4, -0.2) is 4.98 Å². The van der Waals surface area contributed by atoms with Crippen LogP contribution < -0.4 is 10.5 Å². The highest BCUT2D eigenvalue weighted by Gasteiger charge is 2.07. The summed E-state index contributed by atoms with van der Waals surface area (Å²) in [5.74, 6) is 1.64. The highest BCUT2D eigenvalue weighted by Crippen LogP contribution is 2.33. The normalized spacial score (nSPS) is 10.6. The first kappa shape index (κ1) is 11.5. The van der Waals surface area contributed by atoms with E-state index in [0.717, 1.165) is 27.8 Å². The summed E-state index contributed by atoms with van der Waals surface area (Å²) in [6.45, 7) is 2.02. The molecule has 3 nitrogen and oxygen atoms in total. The Hall–Kier alpha value is -2.55. The third kappa shape index (κ3) is 2.10. The fourth-order valence-corrected chi connectivity index (χ4v) is 2.06. The zero-order valence-electron chi connectivity index (χ0n) is 10.6. The van der Waals surface area contributed by atoms with Crippen molar-refractivity contribution < 1.29 is 4.74 Å². The van der Waals surface area contributed by atoms with Crippen molar-refractivity contribution in [2.75, 3.05) is 5.73 Å². The molecule has 2 aromatic carbocycles. The van der Waals surface area contributed by atoms with Crippen molar-refractivity contribution in [3.8, 4) is 11.5 Å². The molecule has 3 rings (SSSR count). The highest BCUT2D eigenvalue weighted by molar-refractivity contribution is 5.96. The molecule has 0 aliphatic carbocycles. The number of aromatic nitrogens is 1. The summed E-state index contributed by atoms with van der Waals surface area (Å²) in [6, 6.07) is 13.6. The van der Waals surface area contributed by atoms with E-state index in [9.17, 15) is 0 Å². The smallest absolute Gasteiger partial charge is 0.135 e. The second kappa shape index (κ2) is 4.61.